The van der Waals surface area contributed by atoms with Gasteiger partial charge in [0.25, 0.3) is 0 Å². The highest BCUT2D eigenvalue weighted by atomic mass is 32.2. The van der Waals surface area contributed by atoms with Gasteiger partial charge in [0.1, 0.15) is 5.25 Å². The number of ether oxygens (including phenoxy) is 1. The van der Waals surface area contributed by atoms with Crippen molar-refractivity contribution in [2.24, 2.45) is 11.1 Å². The fraction of sp³-hybridized carbons (Fsp3) is 0.833. The Bertz CT molecular complexity index is 292. The SMILES string of the molecule is N#CC1CCOCC1S(N)(=O)=O. The van der Waals surface area contributed by atoms with E-state index in [1.54, 1.807) is 0 Å². The average Bonchev–Trinajstić information content (AvgIpc) is 2.03. The van der Waals surface area contributed by atoms with Crippen molar-refractivity contribution in [3.8, 4) is 6.07 Å². The van der Waals surface area contributed by atoms with E-state index in [0.29, 0.717) is 13.0 Å². The Morgan fingerprint density at radius 1 is 1.58 bits per heavy atom. The van der Waals surface area contributed by atoms with Gasteiger partial charge in [-0.2, -0.15) is 5.26 Å². The lowest BCUT2D eigenvalue weighted by Crippen LogP contribution is -2.41. The van der Waals surface area contributed by atoms with Crippen LogP contribution in [-0.4, -0.2) is 26.9 Å². The third kappa shape index (κ3) is 1.94. The van der Waals surface area contributed by atoms with Crippen LogP contribution in [0.4, 0.5) is 0 Å². The van der Waals surface area contributed by atoms with Crippen LogP contribution in [0.25, 0.3) is 0 Å². The van der Waals surface area contributed by atoms with Crippen molar-refractivity contribution >= 4 is 10.0 Å². The summed E-state index contributed by atoms with van der Waals surface area (Å²) >= 11 is 0. The Kier molecular flexibility index (Phi) is 2.67. The van der Waals surface area contributed by atoms with Crippen LogP contribution < -0.4 is 5.14 Å². The topological polar surface area (TPSA) is 93.2 Å². The van der Waals surface area contributed by atoms with Crippen molar-refractivity contribution in [1.29, 1.82) is 5.26 Å². The van der Waals surface area contributed by atoms with E-state index in [2.05, 4.69) is 0 Å². The molecule has 68 valence electrons. The van der Waals surface area contributed by atoms with E-state index in [0.717, 1.165) is 0 Å². The molecule has 1 aliphatic heterocycles. The predicted molar refractivity (Wildman–Crippen MR) is 41.4 cm³/mol. The number of rotatable bonds is 1. The Balaban J connectivity index is 2.81. The van der Waals surface area contributed by atoms with E-state index in [-0.39, 0.29) is 6.61 Å². The first kappa shape index (κ1) is 9.45. The van der Waals surface area contributed by atoms with Gasteiger partial charge >= 0.3 is 0 Å². The number of hydrogen-bond acceptors (Lipinski definition) is 4. The Morgan fingerprint density at radius 2 is 2.25 bits per heavy atom. The fourth-order valence-corrected chi connectivity index (χ4v) is 2.12. The molecule has 0 amide bonds. The molecule has 2 unspecified atom stereocenters. The van der Waals surface area contributed by atoms with Crippen LogP contribution in [0, 0.1) is 17.2 Å². The van der Waals surface area contributed by atoms with Gasteiger partial charge < -0.3 is 4.74 Å². The highest BCUT2D eigenvalue weighted by Crippen LogP contribution is 2.19. The number of primary sulfonamides is 1. The maximum atomic E-state index is 10.9. The third-order valence-corrected chi connectivity index (χ3v) is 3.20. The highest BCUT2D eigenvalue weighted by molar-refractivity contribution is 7.89. The van der Waals surface area contributed by atoms with Crippen molar-refractivity contribution in [2.75, 3.05) is 13.2 Å². The monoisotopic (exact) mass is 190 g/mol. The minimum Gasteiger partial charge on any atom is -0.380 e. The standard InChI is InChI=1S/C6H10N2O3S/c7-3-5-1-2-11-4-6(5)12(8,9)10/h5-6H,1-2,4H2,(H2,8,9,10). The second-order valence-corrected chi connectivity index (χ2v) is 4.51. The molecule has 1 fully saturated rings. The summed E-state index contributed by atoms with van der Waals surface area (Å²) in [7, 11) is -3.63. The van der Waals surface area contributed by atoms with Gasteiger partial charge in [0.05, 0.1) is 18.6 Å². The van der Waals surface area contributed by atoms with Crippen LogP contribution >= 0.6 is 0 Å². The molecule has 2 N–H and O–H groups in total. The summed E-state index contributed by atoms with van der Waals surface area (Å²) in [5.74, 6) is -0.520. The van der Waals surface area contributed by atoms with Gasteiger partial charge in [0, 0.05) is 6.61 Å². The summed E-state index contributed by atoms with van der Waals surface area (Å²) in [5.41, 5.74) is 0. The predicted octanol–water partition coefficient (Wildman–Crippen LogP) is -0.796. The summed E-state index contributed by atoms with van der Waals surface area (Å²) in [4.78, 5) is 0. The molecule has 0 bridgehead atoms. The summed E-state index contributed by atoms with van der Waals surface area (Å²) < 4.78 is 26.7. The van der Waals surface area contributed by atoms with Crippen molar-refractivity contribution in [1.82, 2.24) is 0 Å². The van der Waals surface area contributed by atoms with E-state index >= 15 is 0 Å². The zero-order valence-corrected chi connectivity index (χ0v) is 7.25. The molecular weight excluding hydrogens is 180 g/mol. The van der Waals surface area contributed by atoms with Gasteiger partial charge in [-0.3, -0.25) is 0 Å². The Hall–Kier alpha value is -0.640. The van der Waals surface area contributed by atoms with Gasteiger partial charge in [-0.05, 0) is 6.42 Å². The summed E-state index contributed by atoms with van der Waals surface area (Å²) in [6.45, 7) is 0.474. The van der Waals surface area contributed by atoms with E-state index < -0.39 is 21.2 Å². The first-order chi connectivity index (χ1) is 5.55. The molecule has 2 atom stereocenters. The largest absolute Gasteiger partial charge is 0.380 e. The smallest absolute Gasteiger partial charge is 0.215 e. The zero-order chi connectivity index (χ0) is 9.19. The van der Waals surface area contributed by atoms with Crippen LogP contribution in [-0.2, 0) is 14.8 Å². The van der Waals surface area contributed by atoms with Gasteiger partial charge in [0.15, 0.2) is 0 Å². The maximum Gasteiger partial charge on any atom is 0.215 e. The number of nitrogens with zero attached hydrogens (tertiary/aromatic N) is 1. The zero-order valence-electron chi connectivity index (χ0n) is 6.43. The maximum absolute atomic E-state index is 10.9. The van der Waals surface area contributed by atoms with E-state index in [9.17, 15) is 8.42 Å². The average molecular weight is 190 g/mol. The Morgan fingerprint density at radius 3 is 2.67 bits per heavy atom. The molecule has 6 heteroatoms. The van der Waals surface area contributed by atoms with Crippen molar-refractivity contribution in [3.05, 3.63) is 0 Å². The van der Waals surface area contributed by atoms with Crippen molar-refractivity contribution in [3.63, 3.8) is 0 Å². The molecule has 0 aromatic rings. The molecule has 1 heterocycles. The van der Waals surface area contributed by atoms with Crippen LogP contribution in [0.2, 0.25) is 0 Å². The minimum atomic E-state index is -3.63. The van der Waals surface area contributed by atoms with Gasteiger partial charge in [-0.25, -0.2) is 13.6 Å². The minimum absolute atomic E-state index is 0.0388. The molecule has 12 heavy (non-hydrogen) atoms. The molecule has 1 saturated heterocycles. The van der Waals surface area contributed by atoms with Gasteiger partial charge in [-0.1, -0.05) is 0 Å². The third-order valence-electron chi connectivity index (χ3n) is 1.89. The van der Waals surface area contributed by atoms with Crippen LogP contribution in [0.5, 0.6) is 0 Å². The Labute approximate surface area is 71.2 Å². The van der Waals surface area contributed by atoms with E-state index in [1.165, 1.54) is 0 Å². The molecule has 1 rings (SSSR count). The first-order valence-corrected chi connectivity index (χ1v) is 5.15. The molecule has 0 saturated carbocycles. The summed E-state index contributed by atoms with van der Waals surface area (Å²) in [6, 6.07) is 1.92. The van der Waals surface area contributed by atoms with Crippen LogP contribution in [0.15, 0.2) is 0 Å². The van der Waals surface area contributed by atoms with Crippen molar-refractivity contribution < 1.29 is 13.2 Å². The van der Waals surface area contributed by atoms with Crippen LogP contribution in [0.1, 0.15) is 6.42 Å². The van der Waals surface area contributed by atoms with Gasteiger partial charge in [0.2, 0.25) is 10.0 Å². The van der Waals surface area contributed by atoms with Crippen molar-refractivity contribution in [2.45, 2.75) is 11.7 Å². The summed E-state index contributed by atoms with van der Waals surface area (Å²) in [5, 5.41) is 12.7. The molecular formula is C6H10N2O3S. The normalized spacial score (nSPS) is 31.0. The number of nitrogens with two attached hydrogens (primary N) is 1. The molecule has 0 aromatic heterocycles. The number of hydrogen-bond donors (Lipinski definition) is 1. The highest BCUT2D eigenvalue weighted by Gasteiger charge is 2.34. The van der Waals surface area contributed by atoms with Gasteiger partial charge in [-0.15, -0.1) is 0 Å². The lowest BCUT2D eigenvalue weighted by Gasteiger charge is -2.24. The molecule has 0 aliphatic carbocycles. The first-order valence-electron chi connectivity index (χ1n) is 3.54. The molecule has 0 spiro atoms. The van der Waals surface area contributed by atoms with Crippen LogP contribution in [0.3, 0.4) is 0 Å². The molecule has 0 radical (unpaired) electrons. The molecule has 1 aliphatic rings. The molecule has 0 aromatic carbocycles. The second kappa shape index (κ2) is 3.39. The molecule has 5 nitrogen and oxygen atoms in total. The number of sulfonamides is 1. The van der Waals surface area contributed by atoms with E-state index in [4.69, 9.17) is 15.1 Å². The lowest BCUT2D eigenvalue weighted by molar-refractivity contribution is 0.0829. The summed E-state index contributed by atoms with van der Waals surface area (Å²) in [6.07, 6.45) is 0.442. The number of nitriles is 1. The quantitative estimate of drug-likeness (QED) is 0.586. The lowest BCUT2D eigenvalue weighted by atomic mass is 10.0. The fourth-order valence-electron chi connectivity index (χ4n) is 1.18. The second-order valence-electron chi connectivity index (χ2n) is 2.73. The van der Waals surface area contributed by atoms with E-state index in [1.807, 2.05) is 6.07 Å².